The molecular weight excluding hydrogens is 344 g/mol. The van der Waals surface area contributed by atoms with Crippen molar-refractivity contribution in [3.63, 3.8) is 0 Å². The zero-order valence-electron chi connectivity index (χ0n) is 15.6. The number of hydrogen-bond donors (Lipinski definition) is 1. The van der Waals surface area contributed by atoms with Crippen molar-refractivity contribution in [1.29, 1.82) is 0 Å². The third-order valence-corrected chi connectivity index (χ3v) is 5.44. The fourth-order valence-electron chi connectivity index (χ4n) is 3.61. The van der Waals surface area contributed by atoms with Crippen molar-refractivity contribution >= 4 is 17.8 Å². The van der Waals surface area contributed by atoms with Crippen molar-refractivity contribution in [2.24, 2.45) is 0 Å². The monoisotopic (exact) mass is 368 g/mol. The lowest BCUT2D eigenvalue weighted by Gasteiger charge is -2.53. The molecule has 6 nitrogen and oxygen atoms in total. The molecule has 6 heteroatoms. The van der Waals surface area contributed by atoms with Crippen molar-refractivity contribution in [3.8, 4) is 5.75 Å². The van der Waals surface area contributed by atoms with E-state index in [1.807, 2.05) is 42.5 Å². The first-order chi connectivity index (χ1) is 13.1. The molecule has 0 radical (unpaired) electrons. The van der Waals surface area contributed by atoms with Gasteiger partial charge in [-0.05, 0) is 36.2 Å². The molecule has 0 amide bonds. The molecular formula is C21H24N2O4. The van der Waals surface area contributed by atoms with E-state index in [-0.39, 0.29) is 17.2 Å². The second-order valence-corrected chi connectivity index (χ2v) is 7.03. The Hall–Kier alpha value is -2.57. The average molecular weight is 368 g/mol. The second-order valence-electron chi connectivity index (χ2n) is 7.03. The minimum absolute atomic E-state index is 0.0826. The van der Waals surface area contributed by atoms with E-state index in [2.05, 4.69) is 16.8 Å². The molecule has 2 fully saturated rings. The van der Waals surface area contributed by atoms with Crippen LogP contribution in [0.5, 0.6) is 5.75 Å². The number of methoxy groups -OCH3 is 1. The molecule has 1 aromatic heterocycles. The highest BCUT2D eigenvalue weighted by Gasteiger charge is 2.50. The van der Waals surface area contributed by atoms with Crippen LogP contribution in [-0.4, -0.2) is 50.1 Å². The first kappa shape index (κ1) is 17.8. The smallest absolute Gasteiger partial charge is 0.271 e. The number of nitrogens with zero attached hydrogens (tertiary/aromatic N) is 1. The highest BCUT2D eigenvalue weighted by molar-refractivity contribution is 5.71. The summed E-state index contributed by atoms with van der Waals surface area (Å²) in [5, 5.41) is 0. The predicted octanol–water partition coefficient (Wildman–Crippen LogP) is 2.55. The van der Waals surface area contributed by atoms with Gasteiger partial charge in [0.1, 0.15) is 17.0 Å². The SMILES string of the molecule is COc1ccc(/C=C/c2c[nH]c(=O)c(N3CCOC4(COC4)C3C)c2)cc1. The van der Waals surface area contributed by atoms with Crippen LogP contribution in [0, 0.1) is 0 Å². The zero-order valence-corrected chi connectivity index (χ0v) is 15.6. The largest absolute Gasteiger partial charge is 0.497 e. The molecule has 0 bridgehead atoms. The number of benzene rings is 1. The predicted molar refractivity (Wildman–Crippen MR) is 105 cm³/mol. The fraction of sp³-hybridized carbons (Fsp3) is 0.381. The number of hydrogen-bond acceptors (Lipinski definition) is 5. The molecule has 1 aromatic carbocycles. The maximum absolute atomic E-state index is 12.5. The maximum Gasteiger partial charge on any atom is 0.271 e. The summed E-state index contributed by atoms with van der Waals surface area (Å²) in [7, 11) is 1.65. The van der Waals surface area contributed by atoms with Crippen LogP contribution in [-0.2, 0) is 9.47 Å². The van der Waals surface area contributed by atoms with Gasteiger partial charge >= 0.3 is 0 Å². The van der Waals surface area contributed by atoms with Gasteiger partial charge in [0.15, 0.2) is 0 Å². The van der Waals surface area contributed by atoms with Gasteiger partial charge in [0.2, 0.25) is 0 Å². The molecule has 2 aliphatic heterocycles. The molecule has 0 aliphatic carbocycles. The summed E-state index contributed by atoms with van der Waals surface area (Å²) in [4.78, 5) is 17.5. The Morgan fingerprint density at radius 3 is 2.63 bits per heavy atom. The lowest BCUT2D eigenvalue weighted by atomic mass is 9.90. The van der Waals surface area contributed by atoms with Crippen molar-refractivity contribution in [2.75, 3.05) is 38.4 Å². The molecule has 1 unspecified atom stereocenters. The fourth-order valence-corrected chi connectivity index (χ4v) is 3.61. The summed E-state index contributed by atoms with van der Waals surface area (Å²) < 4.78 is 16.5. The summed E-state index contributed by atoms with van der Waals surface area (Å²) in [6.45, 7) is 4.55. The molecule has 142 valence electrons. The molecule has 27 heavy (non-hydrogen) atoms. The molecule has 2 aromatic rings. The maximum atomic E-state index is 12.5. The van der Waals surface area contributed by atoms with Gasteiger partial charge in [-0.1, -0.05) is 24.3 Å². The number of anilines is 1. The minimum Gasteiger partial charge on any atom is -0.497 e. The van der Waals surface area contributed by atoms with Crippen LogP contribution in [0.3, 0.4) is 0 Å². The van der Waals surface area contributed by atoms with Crippen molar-refractivity contribution < 1.29 is 14.2 Å². The number of nitrogens with one attached hydrogen (secondary N) is 1. The summed E-state index contributed by atoms with van der Waals surface area (Å²) >= 11 is 0. The summed E-state index contributed by atoms with van der Waals surface area (Å²) in [6.07, 6.45) is 5.74. The molecule has 2 aliphatic rings. The van der Waals surface area contributed by atoms with Crippen LogP contribution in [0.2, 0.25) is 0 Å². The number of aromatic amines is 1. The number of rotatable bonds is 4. The molecule has 4 rings (SSSR count). The lowest BCUT2D eigenvalue weighted by molar-refractivity contribution is -0.228. The van der Waals surface area contributed by atoms with Crippen LogP contribution in [0.1, 0.15) is 18.1 Å². The van der Waals surface area contributed by atoms with Gasteiger partial charge in [0.05, 0.1) is 33.0 Å². The van der Waals surface area contributed by atoms with Crippen LogP contribution in [0.15, 0.2) is 41.3 Å². The van der Waals surface area contributed by atoms with Gasteiger partial charge < -0.3 is 24.1 Å². The topological polar surface area (TPSA) is 63.8 Å². The summed E-state index contributed by atoms with van der Waals surface area (Å²) in [5.74, 6) is 0.827. The minimum atomic E-state index is -0.292. The Kier molecular flexibility index (Phi) is 4.76. The van der Waals surface area contributed by atoms with E-state index in [1.165, 1.54) is 0 Å². The summed E-state index contributed by atoms with van der Waals surface area (Å²) in [5.41, 5.74) is 2.31. The van der Waals surface area contributed by atoms with Gasteiger partial charge in [0, 0.05) is 12.7 Å². The van der Waals surface area contributed by atoms with E-state index in [9.17, 15) is 4.79 Å². The Morgan fingerprint density at radius 1 is 1.22 bits per heavy atom. The molecule has 2 saturated heterocycles. The van der Waals surface area contributed by atoms with Crippen LogP contribution >= 0.6 is 0 Å². The van der Waals surface area contributed by atoms with Gasteiger partial charge in [0.25, 0.3) is 5.56 Å². The molecule has 1 N–H and O–H groups in total. The highest BCUT2D eigenvalue weighted by atomic mass is 16.6. The van der Waals surface area contributed by atoms with Crippen molar-refractivity contribution in [1.82, 2.24) is 4.98 Å². The third kappa shape index (κ3) is 3.38. The van der Waals surface area contributed by atoms with Crippen LogP contribution in [0.25, 0.3) is 12.2 Å². The molecule has 3 heterocycles. The Balaban J connectivity index is 1.57. The van der Waals surface area contributed by atoms with E-state index in [4.69, 9.17) is 14.2 Å². The number of aromatic nitrogens is 1. The van der Waals surface area contributed by atoms with Gasteiger partial charge in [-0.2, -0.15) is 0 Å². The van der Waals surface area contributed by atoms with Crippen LogP contribution < -0.4 is 15.2 Å². The molecule has 1 spiro atoms. The average Bonchev–Trinajstić information content (AvgIpc) is 2.67. The lowest BCUT2D eigenvalue weighted by Crippen LogP contribution is -2.68. The standard InChI is InChI=1S/C21H24N2O4/c1-15-21(13-26-14-21)27-10-9-23(15)19-11-17(12-22-20(19)24)4-3-16-5-7-18(25-2)8-6-16/h3-8,11-12,15H,9-10,13-14H2,1-2H3,(H,22,24)/b4-3+. The Morgan fingerprint density at radius 2 is 1.96 bits per heavy atom. The number of morpholine rings is 1. The first-order valence-electron chi connectivity index (χ1n) is 9.14. The van der Waals surface area contributed by atoms with Gasteiger partial charge in [-0.25, -0.2) is 0 Å². The number of pyridine rings is 1. The Bertz CT molecular complexity index is 884. The van der Waals surface area contributed by atoms with Gasteiger partial charge in [-0.3, -0.25) is 4.79 Å². The second kappa shape index (κ2) is 7.21. The Labute approximate surface area is 158 Å². The molecule has 0 saturated carbocycles. The van der Waals surface area contributed by atoms with E-state index in [1.54, 1.807) is 13.3 Å². The normalized spacial score (nSPS) is 21.4. The van der Waals surface area contributed by atoms with E-state index >= 15 is 0 Å². The first-order valence-corrected chi connectivity index (χ1v) is 9.14. The van der Waals surface area contributed by atoms with E-state index in [0.29, 0.717) is 32.1 Å². The molecule has 1 atom stereocenters. The highest BCUT2D eigenvalue weighted by Crippen LogP contribution is 2.34. The van der Waals surface area contributed by atoms with Crippen molar-refractivity contribution in [2.45, 2.75) is 18.6 Å². The van der Waals surface area contributed by atoms with Crippen molar-refractivity contribution in [3.05, 3.63) is 58.0 Å². The van der Waals surface area contributed by atoms with Gasteiger partial charge in [-0.15, -0.1) is 0 Å². The quantitative estimate of drug-likeness (QED) is 0.899. The van der Waals surface area contributed by atoms with Crippen LogP contribution in [0.4, 0.5) is 5.69 Å². The third-order valence-electron chi connectivity index (χ3n) is 5.44. The van der Waals surface area contributed by atoms with E-state index < -0.39 is 0 Å². The van der Waals surface area contributed by atoms with E-state index in [0.717, 1.165) is 16.9 Å². The number of H-pyrrole nitrogens is 1. The number of ether oxygens (including phenoxy) is 3. The summed E-state index contributed by atoms with van der Waals surface area (Å²) in [6, 6.07) is 9.86. The zero-order chi connectivity index (χ0) is 18.9.